The Morgan fingerprint density at radius 1 is 1.05 bits per heavy atom. The first-order chi connectivity index (χ1) is 9.19. The van der Waals surface area contributed by atoms with Gasteiger partial charge >= 0.3 is 0 Å². The van der Waals surface area contributed by atoms with Crippen LogP contribution < -0.4 is 5.32 Å². The molecule has 1 aromatic carbocycles. The summed E-state index contributed by atoms with van der Waals surface area (Å²) in [4.78, 5) is 0.591. The lowest BCUT2D eigenvalue weighted by Crippen LogP contribution is -2.32. The molecule has 3 rings (SSSR count). The van der Waals surface area contributed by atoms with Crippen LogP contribution in [0.2, 0.25) is 0 Å². The monoisotopic (exact) mass is 279 g/mol. The Kier molecular flexibility index (Phi) is 3.63. The zero-order valence-corrected chi connectivity index (χ0v) is 12.0. The van der Waals surface area contributed by atoms with Gasteiger partial charge in [-0.3, -0.25) is 0 Å². The van der Waals surface area contributed by atoms with E-state index in [0.717, 1.165) is 50.8 Å². The zero-order chi connectivity index (χ0) is 13.3. The Labute approximate surface area is 115 Å². The third-order valence-electron chi connectivity index (χ3n) is 4.45. The summed E-state index contributed by atoms with van der Waals surface area (Å²) in [6, 6.07) is 7.62. The topological polar surface area (TPSA) is 46.2 Å². The van der Waals surface area contributed by atoms with Gasteiger partial charge < -0.3 is 5.32 Å². The van der Waals surface area contributed by atoms with E-state index >= 15 is 0 Å². The smallest absolute Gasteiger partial charge is 0.181 e. The number of rotatable bonds is 3. The van der Waals surface area contributed by atoms with Crippen LogP contribution in [-0.4, -0.2) is 26.8 Å². The van der Waals surface area contributed by atoms with Crippen molar-refractivity contribution in [1.82, 2.24) is 5.32 Å². The molecule has 4 heteroatoms. The lowest BCUT2D eigenvalue weighted by Gasteiger charge is -2.29. The molecule has 0 amide bonds. The van der Waals surface area contributed by atoms with Gasteiger partial charge in [0.1, 0.15) is 0 Å². The highest BCUT2D eigenvalue weighted by molar-refractivity contribution is 7.92. The van der Waals surface area contributed by atoms with E-state index in [4.69, 9.17) is 0 Å². The minimum Gasteiger partial charge on any atom is -0.316 e. The molecule has 1 saturated carbocycles. The predicted molar refractivity (Wildman–Crippen MR) is 76.1 cm³/mol. The van der Waals surface area contributed by atoms with Crippen LogP contribution in [0.25, 0.3) is 0 Å². The van der Waals surface area contributed by atoms with Gasteiger partial charge in [0.25, 0.3) is 0 Å². The molecule has 2 fully saturated rings. The lowest BCUT2D eigenvalue weighted by atomic mass is 9.92. The number of hydrogen-bond acceptors (Lipinski definition) is 3. The summed E-state index contributed by atoms with van der Waals surface area (Å²) >= 11 is 0. The molecule has 3 nitrogen and oxygen atoms in total. The molecule has 2 aliphatic rings. The first-order valence-electron chi connectivity index (χ1n) is 7.23. The molecule has 0 spiro atoms. The number of piperidine rings is 1. The molecule has 0 bridgehead atoms. The third-order valence-corrected chi connectivity index (χ3v) is 6.79. The van der Waals surface area contributed by atoms with Crippen LogP contribution in [-0.2, 0) is 9.84 Å². The molecule has 104 valence electrons. The molecule has 1 aliphatic carbocycles. The fourth-order valence-corrected chi connectivity index (χ4v) is 5.20. The Hall–Kier alpha value is -0.870. The van der Waals surface area contributed by atoms with E-state index in [2.05, 4.69) is 5.32 Å². The van der Waals surface area contributed by atoms with Crippen molar-refractivity contribution in [2.24, 2.45) is 0 Å². The molecule has 1 atom stereocenters. The summed E-state index contributed by atoms with van der Waals surface area (Å²) in [7, 11) is -3.11. The zero-order valence-electron chi connectivity index (χ0n) is 11.1. The molecule has 1 aliphatic heterocycles. The van der Waals surface area contributed by atoms with Crippen LogP contribution in [0.4, 0.5) is 0 Å². The van der Waals surface area contributed by atoms with Gasteiger partial charge in [-0.2, -0.15) is 0 Å². The maximum absolute atomic E-state index is 12.7. The number of benzene rings is 1. The van der Waals surface area contributed by atoms with E-state index in [9.17, 15) is 8.42 Å². The van der Waals surface area contributed by atoms with E-state index in [1.165, 1.54) is 0 Å². The number of sulfone groups is 1. The van der Waals surface area contributed by atoms with Crippen molar-refractivity contribution in [2.45, 2.75) is 48.2 Å². The maximum atomic E-state index is 12.7. The van der Waals surface area contributed by atoms with Gasteiger partial charge in [0.2, 0.25) is 0 Å². The predicted octanol–water partition coefficient (Wildman–Crippen LogP) is 2.48. The minimum absolute atomic E-state index is 0.134. The third kappa shape index (κ3) is 2.43. The molecule has 1 aromatic rings. The first kappa shape index (κ1) is 13.1. The first-order valence-corrected chi connectivity index (χ1v) is 8.78. The molecular formula is C15H21NO2S. The second-order valence-corrected chi connectivity index (χ2v) is 7.88. The molecule has 0 aromatic heterocycles. The average molecular weight is 279 g/mol. The fraction of sp³-hybridized carbons (Fsp3) is 0.600. The van der Waals surface area contributed by atoms with E-state index in [1.54, 1.807) is 6.07 Å². The minimum atomic E-state index is -3.11. The van der Waals surface area contributed by atoms with Crippen LogP contribution in [0, 0.1) is 0 Å². The summed E-state index contributed by atoms with van der Waals surface area (Å²) < 4.78 is 25.3. The lowest BCUT2D eigenvalue weighted by molar-refractivity contribution is 0.452. The van der Waals surface area contributed by atoms with Crippen molar-refractivity contribution in [3.63, 3.8) is 0 Å². The van der Waals surface area contributed by atoms with E-state index in [-0.39, 0.29) is 5.25 Å². The van der Waals surface area contributed by atoms with Crippen LogP contribution in [0.5, 0.6) is 0 Å². The standard InChI is InChI=1S/C15H21NO2S/c17-19(18,13-6-3-7-13)15-9-2-1-8-14(15)12-5-4-10-16-11-12/h1-2,8-9,12-13,16H,3-7,10-11H2. The molecule has 19 heavy (non-hydrogen) atoms. The van der Waals surface area contributed by atoms with Gasteiger partial charge in [-0.15, -0.1) is 0 Å². The van der Waals surface area contributed by atoms with Crippen LogP contribution in [0.1, 0.15) is 43.6 Å². The highest BCUT2D eigenvalue weighted by Gasteiger charge is 2.35. The highest BCUT2D eigenvalue weighted by Crippen LogP contribution is 2.36. The van der Waals surface area contributed by atoms with E-state index in [1.807, 2.05) is 18.2 Å². The van der Waals surface area contributed by atoms with E-state index in [0.29, 0.717) is 10.8 Å². The van der Waals surface area contributed by atoms with Gasteiger partial charge in [-0.25, -0.2) is 8.42 Å². The summed E-state index contributed by atoms with van der Waals surface area (Å²) in [5, 5.41) is 3.24. The van der Waals surface area contributed by atoms with Crippen molar-refractivity contribution >= 4 is 9.84 Å². The van der Waals surface area contributed by atoms with Gasteiger partial charge in [-0.05, 0) is 49.8 Å². The van der Waals surface area contributed by atoms with Crippen molar-refractivity contribution in [3.8, 4) is 0 Å². The number of nitrogens with one attached hydrogen (secondary N) is 1. The summed E-state index contributed by atoms with van der Waals surface area (Å²) in [6.45, 7) is 1.95. The largest absolute Gasteiger partial charge is 0.316 e. The fourth-order valence-electron chi connectivity index (χ4n) is 3.05. The SMILES string of the molecule is O=S(=O)(c1ccccc1C1CCCNC1)C1CCC1. The van der Waals surface area contributed by atoms with Crippen molar-refractivity contribution in [2.75, 3.05) is 13.1 Å². The average Bonchev–Trinajstić information content (AvgIpc) is 2.37. The summed E-state index contributed by atoms with van der Waals surface area (Å²) in [5.41, 5.74) is 1.03. The summed E-state index contributed by atoms with van der Waals surface area (Å²) in [5.74, 6) is 0.347. The Balaban J connectivity index is 1.96. The van der Waals surface area contributed by atoms with E-state index < -0.39 is 9.84 Å². The molecule has 1 N–H and O–H groups in total. The molecular weight excluding hydrogens is 258 g/mol. The normalized spacial score (nSPS) is 24.9. The second kappa shape index (κ2) is 5.25. The van der Waals surface area contributed by atoms with Gasteiger partial charge in [0.05, 0.1) is 10.1 Å². The maximum Gasteiger partial charge on any atom is 0.181 e. The van der Waals surface area contributed by atoms with Gasteiger partial charge in [-0.1, -0.05) is 24.6 Å². The Morgan fingerprint density at radius 3 is 2.47 bits per heavy atom. The van der Waals surface area contributed by atoms with Crippen LogP contribution >= 0.6 is 0 Å². The molecule has 1 heterocycles. The van der Waals surface area contributed by atoms with Crippen molar-refractivity contribution in [3.05, 3.63) is 29.8 Å². The van der Waals surface area contributed by atoms with Gasteiger partial charge in [0.15, 0.2) is 9.84 Å². The van der Waals surface area contributed by atoms with Crippen LogP contribution in [0.15, 0.2) is 29.2 Å². The molecule has 1 saturated heterocycles. The number of hydrogen-bond donors (Lipinski definition) is 1. The quantitative estimate of drug-likeness (QED) is 0.924. The molecule has 1 unspecified atom stereocenters. The van der Waals surface area contributed by atoms with Gasteiger partial charge in [0, 0.05) is 6.54 Å². The highest BCUT2D eigenvalue weighted by atomic mass is 32.2. The Bertz CT molecular complexity index is 543. The van der Waals surface area contributed by atoms with Crippen molar-refractivity contribution in [1.29, 1.82) is 0 Å². The molecule has 0 radical (unpaired) electrons. The Morgan fingerprint density at radius 2 is 1.84 bits per heavy atom. The summed E-state index contributed by atoms with van der Waals surface area (Å²) in [6.07, 6.45) is 4.93. The second-order valence-electron chi connectivity index (χ2n) is 5.68. The van der Waals surface area contributed by atoms with Crippen molar-refractivity contribution < 1.29 is 8.42 Å². The van der Waals surface area contributed by atoms with Crippen LogP contribution in [0.3, 0.4) is 0 Å².